The molecular weight excluding hydrogens is 340 g/mol. The predicted octanol–water partition coefficient (Wildman–Crippen LogP) is 3.31. The van der Waals surface area contributed by atoms with Crippen molar-refractivity contribution in [2.45, 2.75) is 13.8 Å². The predicted molar refractivity (Wildman–Crippen MR) is 95.4 cm³/mol. The van der Waals surface area contributed by atoms with Gasteiger partial charge in [-0.05, 0) is 48.7 Å². The molecule has 0 spiro atoms. The first-order valence-corrected chi connectivity index (χ1v) is 8.77. The maximum atomic E-state index is 12.5. The highest BCUT2D eigenvalue weighted by molar-refractivity contribution is 7.97. The van der Waals surface area contributed by atoms with Crippen LogP contribution in [-0.2, 0) is 10.0 Å². The number of anilines is 1. The Hall–Kier alpha value is -3.11. The summed E-state index contributed by atoms with van der Waals surface area (Å²) in [6.07, 6.45) is 1.25. The minimum absolute atomic E-state index is 0.101. The molecule has 2 aromatic rings. The molecule has 2 rings (SSSR count). The van der Waals surface area contributed by atoms with Gasteiger partial charge in [-0.1, -0.05) is 30.3 Å². The maximum Gasteiger partial charge on any atom is 0.337 e. The van der Waals surface area contributed by atoms with Crippen LogP contribution in [0.3, 0.4) is 0 Å². The van der Waals surface area contributed by atoms with E-state index < -0.39 is 20.9 Å². The number of sulfonamides is 1. The SMILES string of the molecule is Cc1ccc(/C=C(\C#N)S(=O)(=O)Nc2ccccc2C(=O)O)cc1C. The summed E-state index contributed by atoms with van der Waals surface area (Å²) < 4.78 is 27.1. The van der Waals surface area contributed by atoms with Gasteiger partial charge in [-0.3, -0.25) is 4.72 Å². The number of nitrogens with one attached hydrogen (secondary N) is 1. The Morgan fingerprint density at radius 3 is 2.44 bits per heavy atom. The van der Waals surface area contributed by atoms with E-state index in [0.717, 1.165) is 11.1 Å². The van der Waals surface area contributed by atoms with E-state index in [0.29, 0.717) is 5.56 Å². The second-order valence-corrected chi connectivity index (χ2v) is 7.07. The van der Waals surface area contributed by atoms with Gasteiger partial charge >= 0.3 is 5.97 Å². The fraction of sp³-hybridized carbons (Fsp3) is 0.111. The molecule has 0 atom stereocenters. The normalized spacial score (nSPS) is 11.6. The number of carboxylic acids is 1. The minimum Gasteiger partial charge on any atom is -0.478 e. The zero-order chi connectivity index (χ0) is 18.6. The number of carboxylic acid groups (broad SMARTS) is 1. The van der Waals surface area contributed by atoms with E-state index in [2.05, 4.69) is 4.72 Å². The first-order chi connectivity index (χ1) is 11.7. The average molecular weight is 356 g/mol. The van der Waals surface area contributed by atoms with E-state index in [-0.39, 0.29) is 11.3 Å². The lowest BCUT2D eigenvalue weighted by Gasteiger charge is -2.10. The molecule has 6 nitrogen and oxygen atoms in total. The molecule has 0 unspecified atom stereocenters. The Morgan fingerprint density at radius 2 is 1.84 bits per heavy atom. The van der Waals surface area contributed by atoms with Crippen LogP contribution in [0.5, 0.6) is 0 Å². The highest BCUT2D eigenvalue weighted by atomic mass is 32.2. The molecule has 0 heterocycles. The van der Waals surface area contributed by atoms with E-state index in [1.165, 1.54) is 30.3 Å². The van der Waals surface area contributed by atoms with Gasteiger partial charge in [0, 0.05) is 0 Å². The van der Waals surface area contributed by atoms with Gasteiger partial charge in [-0.25, -0.2) is 13.2 Å². The highest BCUT2D eigenvalue weighted by Crippen LogP contribution is 2.21. The smallest absolute Gasteiger partial charge is 0.337 e. The summed E-state index contributed by atoms with van der Waals surface area (Å²) in [7, 11) is -4.22. The number of hydrogen-bond donors (Lipinski definition) is 2. The Balaban J connectivity index is 2.43. The van der Waals surface area contributed by atoms with Gasteiger partial charge < -0.3 is 5.11 Å². The number of hydrogen-bond acceptors (Lipinski definition) is 4. The van der Waals surface area contributed by atoms with Crippen molar-refractivity contribution in [3.63, 3.8) is 0 Å². The van der Waals surface area contributed by atoms with Crippen molar-refractivity contribution >= 4 is 27.8 Å². The number of benzene rings is 2. The molecule has 25 heavy (non-hydrogen) atoms. The van der Waals surface area contributed by atoms with E-state index in [1.54, 1.807) is 18.2 Å². The van der Waals surface area contributed by atoms with Gasteiger partial charge in [0.1, 0.15) is 6.07 Å². The Bertz CT molecular complexity index is 1000. The number of nitriles is 1. The highest BCUT2D eigenvalue weighted by Gasteiger charge is 2.20. The number of aromatic carboxylic acids is 1. The molecule has 0 amide bonds. The van der Waals surface area contributed by atoms with E-state index in [4.69, 9.17) is 5.11 Å². The lowest BCUT2D eigenvalue weighted by Crippen LogP contribution is -2.16. The fourth-order valence-corrected chi connectivity index (χ4v) is 3.12. The van der Waals surface area contributed by atoms with Crippen LogP contribution in [0.4, 0.5) is 5.69 Å². The molecule has 128 valence electrons. The van der Waals surface area contributed by atoms with Crippen molar-refractivity contribution in [3.05, 3.63) is 69.6 Å². The molecule has 0 saturated heterocycles. The second-order valence-electron chi connectivity index (χ2n) is 5.42. The lowest BCUT2D eigenvalue weighted by atomic mass is 10.1. The number of allylic oxidation sites excluding steroid dienone is 1. The molecule has 0 aliphatic heterocycles. The molecule has 0 aromatic heterocycles. The Kier molecular flexibility index (Phi) is 5.25. The van der Waals surface area contributed by atoms with Crippen LogP contribution in [0.15, 0.2) is 47.4 Å². The van der Waals surface area contributed by atoms with Crippen LogP contribution in [0.1, 0.15) is 27.0 Å². The summed E-state index contributed by atoms with van der Waals surface area (Å²) in [6.45, 7) is 3.81. The summed E-state index contributed by atoms with van der Waals surface area (Å²) in [5, 5.41) is 18.4. The molecule has 7 heteroatoms. The third-order valence-electron chi connectivity index (χ3n) is 3.63. The number of nitrogens with zero attached hydrogens (tertiary/aromatic N) is 1. The number of aryl methyl sites for hydroxylation is 2. The van der Waals surface area contributed by atoms with Crippen molar-refractivity contribution in [3.8, 4) is 6.07 Å². The monoisotopic (exact) mass is 356 g/mol. The lowest BCUT2D eigenvalue weighted by molar-refractivity contribution is 0.0698. The molecule has 2 aromatic carbocycles. The Labute approximate surface area is 146 Å². The largest absolute Gasteiger partial charge is 0.478 e. The van der Waals surface area contributed by atoms with Gasteiger partial charge in [0.05, 0.1) is 11.3 Å². The van der Waals surface area contributed by atoms with Crippen LogP contribution in [0.25, 0.3) is 6.08 Å². The average Bonchev–Trinajstić information content (AvgIpc) is 2.55. The molecule has 0 radical (unpaired) electrons. The van der Waals surface area contributed by atoms with E-state index >= 15 is 0 Å². The van der Waals surface area contributed by atoms with Crippen molar-refractivity contribution in [2.24, 2.45) is 0 Å². The quantitative estimate of drug-likeness (QED) is 0.799. The van der Waals surface area contributed by atoms with Gasteiger partial charge in [0.2, 0.25) is 0 Å². The van der Waals surface area contributed by atoms with Crippen LogP contribution in [0, 0.1) is 25.2 Å². The number of para-hydroxylation sites is 1. The molecule has 0 bridgehead atoms. The van der Waals surface area contributed by atoms with Gasteiger partial charge in [0.25, 0.3) is 10.0 Å². The van der Waals surface area contributed by atoms with Gasteiger partial charge in [0.15, 0.2) is 4.91 Å². The summed E-state index contributed by atoms with van der Waals surface area (Å²) in [6, 6.07) is 12.6. The molecule has 0 aliphatic rings. The topological polar surface area (TPSA) is 107 Å². The van der Waals surface area contributed by atoms with Crippen molar-refractivity contribution in [1.82, 2.24) is 0 Å². The Morgan fingerprint density at radius 1 is 1.16 bits per heavy atom. The zero-order valence-corrected chi connectivity index (χ0v) is 14.5. The molecule has 0 fully saturated rings. The van der Waals surface area contributed by atoms with Gasteiger partial charge in [-0.15, -0.1) is 0 Å². The molecule has 0 saturated carbocycles. The van der Waals surface area contributed by atoms with Crippen molar-refractivity contribution in [1.29, 1.82) is 5.26 Å². The molecule has 2 N–H and O–H groups in total. The van der Waals surface area contributed by atoms with Crippen LogP contribution < -0.4 is 4.72 Å². The minimum atomic E-state index is -4.22. The van der Waals surface area contributed by atoms with Crippen LogP contribution in [-0.4, -0.2) is 19.5 Å². The number of rotatable bonds is 5. The molecule has 0 aliphatic carbocycles. The van der Waals surface area contributed by atoms with Crippen molar-refractivity contribution < 1.29 is 18.3 Å². The standard InChI is InChI=1S/C18H16N2O4S/c1-12-7-8-14(9-13(12)2)10-15(11-19)25(23,24)20-17-6-4-3-5-16(17)18(21)22/h3-10,20H,1-2H3,(H,21,22)/b15-10+. The summed E-state index contributed by atoms with van der Waals surface area (Å²) in [5.41, 5.74) is 2.28. The fourth-order valence-electron chi connectivity index (χ4n) is 2.13. The second kappa shape index (κ2) is 7.20. The van der Waals surface area contributed by atoms with Crippen molar-refractivity contribution in [2.75, 3.05) is 4.72 Å². The van der Waals surface area contributed by atoms with Crippen LogP contribution >= 0.6 is 0 Å². The summed E-state index contributed by atoms with van der Waals surface area (Å²) in [5.74, 6) is -1.27. The van der Waals surface area contributed by atoms with Crippen LogP contribution in [0.2, 0.25) is 0 Å². The first kappa shape index (κ1) is 18.2. The summed E-state index contributed by atoms with van der Waals surface area (Å²) >= 11 is 0. The third kappa shape index (κ3) is 4.25. The zero-order valence-electron chi connectivity index (χ0n) is 13.6. The maximum absolute atomic E-state index is 12.5. The number of carbonyl (C=O) groups is 1. The first-order valence-electron chi connectivity index (χ1n) is 7.29. The third-order valence-corrected chi connectivity index (χ3v) is 4.91. The van der Waals surface area contributed by atoms with E-state index in [1.807, 2.05) is 19.9 Å². The summed E-state index contributed by atoms with van der Waals surface area (Å²) in [4.78, 5) is 10.7. The van der Waals surface area contributed by atoms with E-state index in [9.17, 15) is 18.5 Å². The molecular formula is C18H16N2O4S. The van der Waals surface area contributed by atoms with Gasteiger partial charge in [-0.2, -0.15) is 5.26 Å².